The largest absolute Gasteiger partial charge is 0.390 e. The minimum Gasteiger partial charge on any atom is -0.390 e. The molecule has 0 unspecified atom stereocenters. The Morgan fingerprint density at radius 3 is 2.68 bits per heavy atom. The molecule has 1 amide bonds. The molecule has 2 aromatic heterocycles. The smallest absolute Gasteiger partial charge is 0.253 e. The summed E-state index contributed by atoms with van der Waals surface area (Å²) in [6.45, 7) is 1.58. The van der Waals surface area contributed by atoms with E-state index >= 15 is 0 Å². The number of pyridine rings is 1. The molecule has 0 bridgehead atoms. The van der Waals surface area contributed by atoms with E-state index in [0.29, 0.717) is 16.3 Å². The number of hydrogen-bond acceptors (Lipinski definition) is 4. The van der Waals surface area contributed by atoms with E-state index in [1.807, 2.05) is 29.2 Å². The first-order valence-electron chi connectivity index (χ1n) is 9.39. The Kier molecular flexibility index (Phi) is 5.76. The van der Waals surface area contributed by atoms with Gasteiger partial charge in [-0.1, -0.05) is 17.7 Å². The maximum Gasteiger partial charge on any atom is 0.253 e. The maximum atomic E-state index is 12.7. The van der Waals surface area contributed by atoms with Crippen molar-refractivity contribution in [2.24, 2.45) is 0 Å². The molecular formula is C22H21ClN2O2S. The number of piperidine rings is 1. The van der Waals surface area contributed by atoms with Crippen LogP contribution in [0.1, 0.15) is 35.3 Å². The monoisotopic (exact) mass is 412 g/mol. The fourth-order valence-corrected chi connectivity index (χ4v) is 4.71. The Labute approximate surface area is 173 Å². The number of rotatable bonds is 4. The Morgan fingerprint density at radius 2 is 1.93 bits per heavy atom. The molecule has 4 nitrogen and oxygen atoms in total. The third-order valence-corrected chi connectivity index (χ3v) is 6.32. The van der Waals surface area contributed by atoms with Crippen molar-refractivity contribution in [3.8, 4) is 21.6 Å². The van der Waals surface area contributed by atoms with Crippen LogP contribution in [-0.4, -0.2) is 34.0 Å². The summed E-state index contributed by atoms with van der Waals surface area (Å²) in [6.07, 6.45) is 5.04. The van der Waals surface area contributed by atoms with Crippen molar-refractivity contribution in [3.05, 3.63) is 64.3 Å². The zero-order valence-electron chi connectivity index (χ0n) is 15.4. The van der Waals surface area contributed by atoms with E-state index in [4.69, 9.17) is 11.6 Å². The van der Waals surface area contributed by atoms with Gasteiger partial charge >= 0.3 is 0 Å². The van der Waals surface area contributed by atoms with Crippen molar-refractivity contribution in [3.63, 3.8) is 0 Å². The third kappa shape index (κ3) is 3.97. The molecular weight excluding hydrogens is 392 g/mol. The second kappa shape index (κ2) is 8.43. The number of carbonyl (C=O) groups is 1. The molecule has 0 saturated carbocycles. The predicted octanol–water partition coefficient (Wildman–Crippen LogP) is 5.25. The van der Waals surface area contributed by atoms with Crippen LogP contribution in [0.4, 0.5) is 0 Å². The second-order valence-corrected chi connectivity index (χ2v) is 8.26. The first-order valence-corrected chi connectivity index (χ1v) is 10.7. The SMILES string of the molecule is O=C(c1ccc(-c2csc(-c3ccnc(CO)c3)c2)c(Cl)c1)N1CCCCC1. The zero-order chi connectivity index (χ0) is 19.5. The number of benzene rings is 1. The van der Waals surface area contributed by atoms with E-state index in [2.05, 4.69) is 16.4 Å². The van der Waals surface area contributed by atoms with Gasteiger partial charge in [0.25, 0.3) is 5.91 Å². The molecule has 0 atom stereocenters. The predicted molar refractivity (Wildman–Crippen MR) is 114 cm³/mol. The summed E-state index contributed by atoms with van der Waals surface area (Å²) in [6, 6.07) is 11.5. The fourth-order valence-electron chi connectivity index (χ4n) is 3.51. The molecule has 0 aliphatic carbocycles. The molecule has 1 aromatic carbocycles. The molecule has 0 spiro atoms. The number of likely N-dealkylation sites (tertiary alicyclic amines) is 1. The van der Waals surface area contributed by atoms with Crippen LogP contribution in [0.5, 0.6) is 0 Å². The molecule has 144 valence electrons. The number of hydrogen-bond donors (Lipinski definition) is 1. The van der Waals surface area contributed by atoms with Gasteiger partial charge in [-0.05, 0) is 66.1 Å². The fraction of sp³-hybridized carbons (Fsp3) is 0.273. The van der Waals surface area contributed by atoms with Gasteiger partial charge in [0.15, 0.2) is 0 Å². The van der Waals surface area contributed by atoms with Crippen LogP contribution >= 0.6 is 22.9 Å². The normalized spacial score (nSPS) is 14.3. The number of aliphatic hydroxyl groups excluding tert-OH is 1. The van der Waals surface area contributed by atoms with Gasteiger partial charge in [-0.15, -0.1) is 11.3 Å². The first kappa shape index (κ1) is 19.1. The molecule has 6 heteroatoms. The highest BCUT2D eigenvalue weighted by atomic mass is 35.5. The summed E-state index contributed by atoms with van der Waals surface area (Å²) < 4.78 is 0. The molecule has 3 heterocycles. The molecule has 1 saturated heterocycles. The number of nitrogens with zero attached hydrogens (tertiary/aromatic N) is 2. The molecule has 1 aliphatic rings. The zero-order valence-corrected chi connectivity index (χ0v) is 17.0. The van der Waals surface area contributed by atoms with Crippen molar-refractivity contribution in [1.82, 2.24) is 9.88 Å². The van der Waals surface area contributed by atoms with Crippen LogP contribution in [-0.2, 0) is 6.61 Å². The summed E-state index contributed by atoms with van der Waals surface area (Å²) >= 11 is 8.16. The average Bonchev–Trinajstić information content (AvgIpc) is 3.24. The van der Waals surface area contributed by atoms with E-state index in [-0.39, 0.29) is 12.5 Å². The summed E-state index contributed by atoms with van der Waals surface area (Å²) in [5.41, 5.74) is 4.24. The topological polar surface area (TPSA) is 53.4 Å². The molecule has 28 heavy (non-hydrogen) atoms. The quantitative estimate of drug-likeness (QED) is 0.636. The highest BCUT2D eigenvalue weighted by Gasteiger charge is 2.19. The van der Waals surface area contributed by atoms with Crippen molar-refractivity contribution in [2.75, 3.05) is 13.1 Å². The van der Waals surface area contributed by atoms with Gasteiger partial charge in [-0.25, -0.2) is 0 Å². The highest BCUT2D eigenvalue weighted by molar-refractivity contribution is 7.14. The average molecular weight is 413 g/mol. The van der Waals surface area contributed by atoms with Crippen molar-refractivity contribution >= 4 is 28.8 Å². The second-order valence-electron chi connectivity index (χ2n) is 6.94. The number of amides is 1. The van der Waals surface area contributed by atoms with Crippen molar-refractivity contribution in [1.29, 1.82) is 0 Å². The van der Waals surface area contributed by atoms with E-state index < -0.39 is 0 Å². The van der Waals surface area contributed by atoms with Crippen LogP contribution in [0.15, 0.2) is 48.0 Å². The molecule has 4 rings (SSSR count). The van der Waals surface area contributed by atoms with Gasteiger partial charge in [0.05, 0.1) is 12.3 Å². The van der Waals surface area contributed by atoms with Crippen molar-refractivity contribution < 1.29 is 9.90 Å². The van der Waals surface area contributed by atoms with E-state index in [1.54, 1.807) is 23.6 Å². The van der Waals surface area contributed by atoms with Crippen LogP contribution in [0.2, 0.25) is 5.02 Å². The van der Waals surface area contributed by atoms with E-state index in [0.717, 1.165) is 47.5 Å². The summed E-state index contributed by atoms with van der Waals surface area (Å²) in [4.78, 5) is 19.8. The Hall–Kier alpha value is -2.21. The summed E-state index contributed by atoms with van der Waals surface area (Å²) in [5.74, 6) is 0.0625. The Morgan fingerprint density at radius 1 is 1.11 bits per heavy atom. The standard InChI is InChI=1S/C22H21ClN2O2S/c23-20-11-16(22(27)25-8-2-1-3-9-25)4-5-19(20)17-12-21(28-14-17)15-6-7-24-18(10-15)13-26/h4-7,10-12,14,26H,1-3,8-9,13H2. The lowest BCUT2D eigenvalue weighted by Gasteiger charge is -2.26. The molecule has 1 N–H and O–H groups in total. The number of aliphatic hydroxyl groups is 1. The van der Waals surface area contributed by atoms with Gasteiger partial charge in [-0.2, -0.15) is 0 Å². The van der Waals surface area contributed by atoms with Gasteiger partial charge in [-0.3, -0.25) is 9.78 Å². The van der Waals surface area contributed by atoms with Crippen LogP contribution in [0, 0.1) is 0 Å². The lowest BCUT2D eigenvalue weighted by molar-refractivity contribution is 0.0724. The van der Waals surface area contributed by atoms with Crippen LogP contribution in [0.3, 0.4) is 0 Å². The molecule has 1 fully saturated rings. The summed E-state index contributed by atoms with van der Waals surface area (Å²) in [5, 5.41) is 11.9. The van der Waals surface area contributed by atoms with Crippen LogP contribution < -0.4 is 0 Å². The highest BCUT2D eigenvalue weighted by Crippen LogP contribution is 2.36. The molecule has 0 radical (unpaired) electrons. The van der Waals surface area contributed by atoms with E-state index in [1.165, 1.54) is 6.42 Å². The molecule has 1 aliphatic heterocycles. The van der Waals surface area contributed by atoms with Crippen LogP contribution in [0.25, 0.3) is 21.6 Å². The number of halogens is 1. The van der Waals surface area contributed by atoms with Gasteiger partial charge < -0.3 is 10.0 Å². The van der Waals surface area contributed by atoms with Gasteiger partial charge in [0.2, 0.25) is 0 Å². The summed E-state index contributed by atoms with van der Waals surface area (Å²) in [7, 11) is 0. The Balaban J connectivity index is 1.58. The van der Waals surface area contributed by atoms with Gasteiger partial charge in [0, 0.05) is 40.3 Å². The number of thiophene rings is 1. The van der Waals surface area contributed by atoms with Crippen molar-refractivity contribution in [2.45, 2.75) is 25.9 Å². The first-order chi connectivity index (χ1) is 13.7. The number of carbonyl (C=O) groups excluding carboxylic acids is 1. The minimum atomic E-state index is -0.0790. The third-order valence-electron chi connectivity index (χ3n) is 5.03. The van der Waals surface area contributed by atoms with E-state index in [9.17, 15) is 9.90 Å². The molecule has 3 aromatic rings. The Bertz CT molecular complexity index is 996. The van der Waals surface area contributed by atoms with Gasteiger partial charge in [0.1, 0.15) is 0 Å². The lowest BCUT2D eigenvalue weighted by atomic mass is 10.0. The lowest BCUT2D eigenvalue weighted by Crippen LogP contribution is -2.35. The maximum absolute atomic E-state index is 12.7. The minimum absolute atomic E-state index is 0.0625. The number of aromatic nitrogens is 1.